The molecule has 1 aromatic carbocycles. The third kappa shape index (κ3) is 1.59. The summed E-state index contributed by atoms with van der Waals surface area (Å²) in [7, 11) is 0. The molecule has 82 valence electrons. The van der Waals surface area contributed by atoms with Crippen molar-refractivity contribution >= 4 is 34.1 Å². The van der Waals surface area contributed by atoms with Crippen molar-refractivity contribution in [3.05, 3.63) is 44.7 Å². The molecule has 0 aliphatic heterocycles. The molecular weight excluding hydrogens is 331 g/mol. The van der Waals surface area contributed by atoms with Crippen LogP contribution in [-0.2, 0) is 5.41 Å². The fourth-order valence-electron chi connectivity index (χ4n) is 2.33. The van der Waals surface area contributed by atoms with Crippen molar-refractivity contribution in [2.24, 2.45) is 0 Å². The van der Waals surface area contributed by atoms with E-state index in [1.54, 1.807) is 0 Å². The van der Waals surface area contributed by atoms with Gasteiger partial charge in [-0.2, -0.15) is 4.37 Å². The van der Waals surface area contributed by atoms with Gasteiger partial charge in [-0.25, -0.2) is 4.98 Å². The van der Waals surface area contributed by atoms with Gasteiger partial charge in [0.2, 0.25) is 0 Å². The van der Waals surface area contributed by atoms with E-state index in [1.807, 2.05) is 0 Å². The maximum Gasteiger partial charge on any atom is 0.174 e. The first-order chi connectivity index (χ1) is 7.81. The Morgan fingerprint density at radius 2 is 1.94 bits per heavy atom. The second-order valence-corrected chi connectivity index (χ2v) is 6.68. The van der Waals surface area contributed by atoms with Crippen molar-refractivity contribution in [2.75, 3.05) is 0 Å². The van der Waals surface area contributed by atoms with E-state index in [1.165, 1.54) is 36.4 Å². The quantitative estimate of drug-likeness (QED) is 0.779. The van der Waals surface area contributed by atoms with Gasteiger partial charge in [-0.05, 0) is 52.5 Å². The molecule has 0 bridgehead atoms. The van der Waals surface area contributed by atoms with Gasteiger partial charge < -0.3 is 0 Å². The minimum absolute atomic E-state index is 0.112. The van der Waals surface area contributed by atoms with E-state index in [-0.39, 0.29) is 5.41 Å². The highest BCUT2D eigenvalue weighted by atomic mass is 127. The van der Waals surface area contributed by atoms with Crippen LogP contribution in [0.5, 0.6) is 0 Å². The van der Waals surface area contributed by atoms with E-state index in [2.05, 4.69) is 62.3 Å². The van der Waals surface area contributed by atoms with E-state index >= 15 is 0 Å². The fourth-order valence-corrected chi connectivity index (χ4v) is 3.36. The third-order valence-corrected chi connectivity index (χ3v) is 4.70. The number of benzene rings is 1. The number of nitrogens with zero attached hydrogens (tertiary/aromatic N) is 2. The second-order valence-electron chi connectivity index (χ2n) is 4.17. The molecule has 0 unspecified atom stereocenters. The average Bonchev–Trinajstić information content (AvgIpc) is 2.65. The predicted molar refractivity (Wildman–Crippen MR) is 73.7 cm³/mol. The van der Waals surface area contributed by atoms with E-state index in [4.69, 9.17) is 0 Å². The zero-order chi connectivity index (χ0) is 11.0. The van der Waals surface area contributed by atoms with Crippen molar-refractivity contribution in [1.82, 2.24) is 9.36 Å². The van der Waals surface area contributed by atoms with Crippen molar-refractivity contribution in [3.8, 4) is 0 Å². The lowest BCUT2D eigenvalue weighted by molar-refractivity contribution is 0.287. The molecule has 16 heavy (non-hydrogen) atoms. The van der Waals surface area contributed by atoms with Crippen LogP contribution in [0.4, 0.5) is 0 Å². The zero-order valence-electron chi connectivity index (χ0n) is 8.69. The Hall–Kier alpha value is -0.490. The van der Waals surface area contributed by atoms with Gasteiger partial charge in [-0.1, -0.05) is 36.8 Å². The number of hydrogen-bond donors (Lipinski definition) is 0. The lowest BCUT2D eigenvalue weighted by Crippen LogP contribution is -2.36. The fraction of sp³-hybridized carbons (Fsp3) is 0.333. The molecule has 1 saturated carbocycles. The van der Waals surface area contributed by atoms with Crippen molar-refractivity contribution in [1.29, 1.82) is 0 Å². The average molecular weight is 342 g/mol. The molecular formula is C12H11IN2S. The lowest BCUT2D eigenvalue weighted by atomic mass is 9.64. The zero-order valence-corrected chi connectivity index (χ0v) is 11.7. The van der Waals surface area contributed by atoms with E-state index in [9.17, 15) is 0 Å². The third-order valence-electron chi connectivity index (χ3n) is 3.36. The number of halogens is 1. The van der Waals surface area contributed by atoms with Gasteiger partial charge in [0.25, 0.3) is 0 Å². The first-order valence-corrected chi connectivity index (χ1v) is 7.22. The molecule has 0 atom stereocenters. The number of hydrogen-bond acceptors (Lipinski definition) is 3. The summed E-state index contributed by atoms with van der Waals surface area (Å²) < 4.78 is 5.55. The summed E-state index contributed by atoms with van der Waals surface area (Å²) in [6, 6.07) is 10.7. The topological polar surface area (TPSA) is 25.8 Å². The Kier molecular flexibility index (Phi) is 2.71. The molecule has 1 aliphatic carbocycles. The van der Waals surface area contributed by atoms with E-state index < -0.39 is 0 Å². The summed E-state index contributed by atoms with van der Waals surface area (Å²) in [5.41, 5.74) is 1.48. The highest BCUT2D eigenvalue weighted by Gasteiger charge is 2.43. The van der Waals surface area contributed by atoms with Crippen LogP contribution in [0, 0.1) is 3.01 Å². The molecule has 0 radical (unpaired) electrons. The molecule has 3 rings (SSSR count). The summed E-state index contributed by atoms with van der Waals surface area (Å²) in [5, 5.41) is 0. The normalized spacial score (nSPS) is 18.1. The summed E-state index contributed by atoms with van der Waals surface area (Å²) in [6.45, 7) is 0. The van der Waals surface area contributed by atoms with Gasteiger partial charge in [-0.3, -0.25) is 0 Å². The Balaban J connectivity index is 2.07. The monoisotopic (exact) mass is 342 g/mol. The van der Waals surface area contributed by atoms with Crippen LogP contribution in [0.2, 0.25) is 0 Å². The smallest absolute Gasteiger partial charge is 0.174 e. The largest absolute Gasteiger partial charge is 0.212 e. The molecule has 2 aromatic rings. The highest BCUT2D eigenvalue weighted by molar-refractivity contribution is 14.1. The van der Waals surface area contributed by atoms with Crippen LogP contribution in [0.25, 0.3) is 0 Å². The van der Waals surface area contributed by atoms with E-state index in [0.29, 0.717) is 0 Å². The molecule has 0 saturated heterocycles. The molecule has 1 aromatic heterocycles. The van der Waals surface area contributed by atoms with Crippen LogP contribution < -0.4 is 0 Å². The molecule has 0 spiro atoms. The Morgan fingerprint density at radius 1 is 1.19 bits per heavy atom. The summed E-state index contributed by atoms with van der Waals surface area (Å²) >= 11 is 3.75. The molecule has 1 fully saturated rings. The van der Waals surface area contributed by atoms with Crippen LogP contribution >= 0.6 is 34.1 Å². The van der Waals surface area contributed by atoms with Crippen LogP contribution in [0.1, 0.15) is 30.7 Å². The molecule has 0 N–H and O–H groups in total. The van der Waals surface area contributed by atoms with Crippen LogP contribution in [0.3, 0.4) is 0 Å². The summed E-state index contributed by atoms with van der Waals surface area (Å²) in [5.74, 6) is 1.03. The molecule has 1 aliphatic rings. The van der Waals surface area contributed by atoms with E-state index in [0.717, 1.165) is 8.84 Å². The Labute approximate surface area is 112 Å². The second kappa shape index (κ2) is 4.07. The Morgan fingerprint density at radius 3 is 2.44 bits per heavy atom. The Bertz CT molecular complexity index is 491. The molecule has 4 heteroatoms. The maximum absolute atomic E-state index is 4.58. The summed E-state index contributed by atoms with van der Waals surface area (Å²) in [6.07, 6.45) is 3.65. The van der Waals surface area contributed by atoms with Crippen molar-refractivity contribution in [3.63, 3.8) is 0 Å². The first-order valence-electron chi connectivity index (χ1n) is 5.36. The van der Waals surface area contributed by atoms with Gasteiger partial charge in [0.05, 0.1) is 5.41 Å². The van der Waals surface area contributed by atoms with Gasteiger partial charge in [0, 0.05) is 0 Å². The highest BCUT2D eigenvalue weighted by Crippen LogP contribution is 2.47. The van der Waals surface area contributed by atoms with Crippen LogP contribution in [-0.4, -0.2) is 9.36 Å². The van der Waals surface area contributed by atoms with Gasteiger partial charge in [0.1, 0.15) is 0 Å². The lowest BCUT2D eigenvalue weighted by Gasteiger charge is -2.40. The molecule has 0 amide bonds. The van der Waals surface area contributed by atoms with Gasteiger partial charge in [0.15, 0.2) is 8.84 Å². The maximum atomic E-state index is 4.58. The first kappa shape index (κ1) is 10.7. The summed E-state index contributed by atoms with van der Waals surface area (Å²) in [4.78, 5) is 4.58. The van der Waals surface area contributed by atoms with Crippen LogP contribution in [0.15, 0.2) is 30.3 Å². The minimum atomic E-state index is 0.112. The standard InChI is InChI=1S/C12H11IN2S/c13-11-14-10(15-16-11)12(7-4-8-12)9-5-2-1-3-6-9/h1-3,5-6H,4,7-8H2. The van der Waals surface area contributed by atoms with Gasteiger partial charge in [-0.15, -0.1) is 0 Å². The molecule has 2 nitrogen and oxygen atoms in total. The van der Waals surface area contributed by atoms with Crippen molar-refractivity contribution in [2.45, 2.75) is 24.7 Å². The van der Waals surface area contributed by atoms with Gasteiger partial charge >= 0.3 is 0 Å². The molecule has 1 heterocycles. The minimum Gasteiger partial charge on any atom is -0.212 e. The predicted octanol–water partition coefficient (Wildman–Crippen LogP) is 3.61. The number of rotatable bonds is 2. The van der Waals surface area contributed by atoms with Crippen molar-refractivity contribution < 1.29 is 0 Å². The number of aromatic nitrogens is 2. The SMILES string of the molecule is Ic1nc(C2(c3ccccc3)CCC2)ns1.